The summed E-state index contributed by atoms with van der Waals surface area (Å²) < 4.78 is 4.34. The molecule has 1 fully saturated rings. The van der Waals surface area contributed by atoms with E-state index in [0.717, 1.165) is 36.5 Å². The fourth-order valence-corrected chi connectivity index (χ4v) is 6.71. The lowest BCUT2D eigenvalue weighted by Gasteiger charge is -2.30. The number of anilines is 2. The van der Waals surface area contributed by atoms with Crippen molar-refractivity contribution in [3.05, 3.63) is 88.7 Å². The smallest absolute Gasteiger partial charge is 0.256 e. The lowest BCUT2D eigenvalue weighted by Crippen LogP contribution is -2.31. The number of allylic oxidation sites excluding steroid dienone is 2. The molecule has 0 aliphatic carbocycles. The summed E-state index contributed by atoms with van der Waals surface area (Å²) in [4.78, 5) is 27.5. The van der Waals surface area contributed by atoms with E-state index in [0.29, 0.717) is 27.6 Å². The van der Waals surface area contributed by atoms with Gasteiger partial charge in [0.2, 0.25) is 5.95 Å². The van der Waals surface area contributed by atoms with Gasteiger partial charge in [0, 0.05) is 48.3 Å². The van der Waals surface area contributed by atoms with Gasteiger partial charge in [0.1, 0.15) is 11.1 Å². The summed E-state index contributed by atoms with van der Waals surface area (Å²) in [5.41, 5.74) is 5.43. The van der Waals surface area contributed by atoms with Gasteiger partial charge >= 0.3 is 0 Å². The number of piperidine rings is 1. The molecule has 0 radical (unpaired) electrons. The fourth-order valence-electron chi connectivity index (χ4n) is 5.11. The predicted octanol–water partition coefficient (Wildman–Crippen LogP) is 9.49. The second-order valence-corrected chi connectivity index (χ2v) is 12.5. The number of aromatic nitrogens is 2. The third-order valence-electron chi connectivity index (χ3n) is 7.65. The highest BCUT2D eigenvalue weighted by atomic mass is 35.5. The lowest BCUT2D eigenvalue weighted by atomic mass is 9.94. The van der Waals surface area contributed by atoms with E-state index >= 15 is 0 Å². The first kappa shape index (κ1) is 35.3. The van der Waals surface area contributed by atoms with Crippen LogP contribution in [0.15, 0.2) is 82.5 Å². The number of amides is 1. The third kappa shape index (κ3) is 8.30. The maximum Gasteiger partial charge on any atom is 0.256 e. The number of rotatable bonds is 7. The third-order valence-corrected chi connectivity index (χ3v) is 9.20. The first-order chi connectivity index (χ1) is 20.7. The summed E-state index contributed by atoms with van der Waals surface area (Å²) in [6, 6.07) is 13.2. The molecule has 1 atom stereocenters. The summed E-state index contributed by atoms with van der Waals surface area (Å²) in [6.45, 7) is 13.6. The molecule has 10 heteroatoms. The Hall–Kier alpha value is -3.17. The average molecular weight is 654 g/mol. The molecule has 1 saturated heterocycles. The van der Waals surface area contributed by atoms with Gasteiger partial charge in [0.15, 0.2) is 0 Å². The maximum absolute atomic E-state index is 13.0. The number of imidazole rings is 1. The number of fused-ring (bicyclic) bond motifs is 1. The van der Waals surface area contributed by atoms with E-state index in [4.69, 9.17) is 23.2 Å². The topological polar surface area (TPSA) is 66.1 Å². The molecule has 0 saturated carbocycles. The van der Waals surface area contributed by atoms with Crippen molar-refractivity contribution in [3.63, 3.8) is 0 Å². The Labute approximate surface area is 276 Å². The summed E-state index contributed by atoms with van der Waals surface area (Å²) >= 11 is 14.0. The highest BCUT2D eigenvalue weighted by Crippen LogP contribution is 2.42. The number of hydrogen-bond acceptors (Lipinski definition) is 6. The van der Waals surface area contributed by atoms with Crippen molar-refractivity contribution in [3.8, 4) is 0 Å². The highest BCUT2D eigenvalue weighted by Gasteiger charge is 2.39. The maximum atomic E-state index is 13.0. The van der Waals surface area contributed by atoms with Crippen LogP contribution < -0.4 is 4.90 Å². The standard InChI is InChI=1S/C20H23Cl2N5OS.C13H15N.CH4/c1-12(23-3)14-4-6-25(7-5-14)29-18-11-24-20-26(18)13(2)19(28)27(20)17-9-15(21)8-16(22)10-17;1-4-12(10-14-5-2)13-8-6-11(3)7-9-13;/h8-11,13-14H,4-7H2,1-3H3;4-10H,2H2,1,3H3;1H4/b;12-4+,14-10?;. The number of carbonyl (C=O) groups is 1. The number of nitrogens with zero attached hydrogens (tertiary/aromatic N) is 6. The molecule has 44 heavy (non-hydrogen) atoms. The van der Waals surface area contributed by atoms with E-state index in [2.05, 4.69) is 64.0 Å². The van der Waals surface area contributed by atoms with Gasteiger partial charge in [-0.2, -0.15) is 0 Å². The largest absolute Gasteiger partial charge is 0.297 e. The van der Waals surface area contributed by atoms with Gasteiger partial charge in [-0.1, -0.05) is 73.1 Å². The number of halogens is 2. The van der Waals surface area contributed by atoms with Gasteiger partial charge in [-0.15, -0.1) is 0 Å². The van der Waals surface area contributed by atoms with Crippen LogP contribution >= 0.6 is 35.1 Å². The van der Waals surface area contributed by atoms with E-state index in [-0.39, 0.29) is 19.4 Å². The highest BCUT2D eigenvalue weighted by molar-refractivity contribution is 7.97. The first-order valence-electron chi connectivity index (χ1n) is 14.3. The summed E-state index contributed by atoms with van der Waals surface area (Å²) in [5.74, 6) is 1.13. The van der Waals surface area contributed by atoms with Crippen LogP contribution in [-0.4, -0.2) is 51.8 Å². The van der Waals surface area contributed by atoms with Crippen molar-refractivity contribution >= 4 is 70.2 Å². The Kier molecular flexibility index (Phi) is 13.0. The van der Waals surface area contributed by atoms with Crippen molar-refractivity contribution in [1.29, 1.82) is 0 Å². The molecular formula is C34H42Cl2N6OS. The molecule has 5 rings (SSSR count). The number of benzene rings is 2. The van der Waals surface area contributed by atoms with E-state index in [1.807, 2.05) is 43.9 Å². The summed E-state index contributed by atoms with van der Waals surface area (Å²) in [7, 11) is 1.86. The molecule has 1 amide bonds. The molecule has 3 aromatic rings. The molecule has 1 aromatic heterocycles. The molecule has 234 valence electrons. The Balaban J connectivity index is 0.000000299. The number of aryl methyl sites for hydroxylation is 1. The minimum absolute atomic E-state index is 0. The number of aliphatic imine (C=N–C) groups is 2. The zero-order valence-corrected chi connectivity index (χ0v) is 27.6. The van der Waals surface area contributed by atoms with E-state index in [1.54, 1.807) is 35.0 Å². The zero-order chi connectivity index (χ0) is 31.1. The summed E-state index contributed by atoms with van der Waals surface area (Å²) in [6.07, 6.45) is 9.43. The van der Waals surface area contributed by atoms with Gasteiger partial charge in [-0.25, -0.2) is 14.2 Å². The normalized spacial score (nSPS) is 17.8. The molecule has 0 bridgehead atoms. The minimum atomic E-state index is -0.334. The molecule has 2 aromatic carbocycles. The van der Waals surface area contributed by atoms with Crippen LogP contribution in [0.25, 0.3) is 5.57 Å². The first-order valence-corrected chi connectivity index (χ1v) is 15.8. The number of hydrogen-bond donors (Lipinski definition) is 0. The Bertz CT molecular complexity index is 1520. The van der Waals surface area contributed by atoms with Crippen molar-refractivity contribution < 1.29 is 4.79 Å². The van der Waals surface area contributed by atoms with Crippen LogP contribution in [-0.2, 0) is 4.79 Å². The van der Waals surface area contributed by atoms with Crippen LogP contribution in [0.1, 0.15) is 58.2 Å². The molecule has 7 nitrogen and oxygen atoms in total. The van der Waals surface area contributed by atoms with Crippen LogP contribution in [0.2, 0.25) is 10.0 Å². The summed E-state index contributed by atoms with van der Waals surface area (Å²) in [5, 5.41) is 1.94. The van der Waals surface area contributed by atoms with Gasteiger partial charge < -0.3 is 0 Å². The van der Waals surface area contributed by atoms with Crippen molar-refractivity contribution in [2.45, 2.75) is 59.0 Å². The predicted molar refractivity (Wildman–Crippen MR) is 190 cm³/mol. The van der Waals surface area contributed by atoms with E-state index in [9.17, 15) is 4.79 Å². The van der Waals surface area contributed by atoms with Gasteiger partial charge in [-0.05, 0) is 87.7 Å². The molecule has 3 heterocycles. The van der Waals surface area contributed by atoms with Crippen molar-refractivity contribution in [2.24, 2.45) is 15.9 Å². The SMILES string of the molecule is C.C=CN=C/C(=C\C)c1ccc(C)cc1.CN=C(C)C1CCN(Sc2cnc3n2C(C)C(=O)N3c2cc(Cl)cc(Cl)c2)CC1. The molecule has 0 spiro atoms. The second kappa shape index (κ2) is 16.2. The van der Waals surface area contributed by atoms with Crippen molar-refractivity contribution in [1.82, 2.24) is 13.9 Å². The minimum Gasteiger partial charge on any atom is -0.297 e. The van der Waals surface area contributed by atoms with Crippen LogP contribution in [0.5, 0.6) is 0 Å². The van der Waals surface area contributed by atoms with Crippen molar-refractivity contribution in [2.75, 3.05) is 25.0 Å². The Morgan fingerprint density at radius 2 is 1.75 bits per heavy atom. The zero-order valence-electron chi connectivity index (χ0n) is 25.3. The van der Waals surface area contributed by atoms with Crippen LogP contribution in [0, 0.1) is 12.8 Å². The lowest BCUT2D eigenvalue weighted by molar-refractivity contribution is -0.119. The average Bonchev–Trinajstić information content (AvgIpc) is 3.51. The van der Waals surface area contributed by atoms with Gasteiger partial charge in [0.25, 0.3) is 5.91 Å². The molecule has 2 aliphatic heterocycles. The molecule has 0 N–H and O–H groups in total. The second-order valence-electron chi connectivity index (χ2n) is 10.5. The molecule has 1 unspecified atom stereocenters. The van der Waals surface area contributed by atoms with E-state index < -0.39 is 0 Å². The van der Waals surface area contributed by atoms with Gasteiger partial charge in [-0.3, -0.25) is 19.3 Å². The molecular weight excluding hydrogens is 611 g/mol. The van der Waals surface area contributed by atoms with Crippen LogP contribution in [0.3, 0.4) is 0 Å². The quantitative estimate of drug-likeness (QED) is 0.188. The Morgan fingerprint density at radius 1 is 1.11 bits per heavy atom. The van der Waals surface area contributed by atoms with Gasteiger partial charge in [0.05, 0.1) is 11.9 Å². The van der Waals surface area contributed by atoms with E-state index in [1.165, 1.54) is 23.0 Å². The Morgan fingerprint density at radius 3 is 2.32 bits per heavy atom. The fraction of sp³-hybridized carbons (Fsp3) is 0.353. The molecule has 2 aliphatic rings. The number of carbonyl (C=O) groups excluding carboxylic acids is 1. The van der Waals surface area contributed by atoms with Crippen LogP contribution in [0.4, 0.5) is 11.6 Å². The monoisotopic (exact) mass is 652 g/mol.